The number of fused-ring (bicyclic) bond motifs is 2. The second-order valence-electron chi connectivity index (χ2n) is 10.3. The summed E-state index contributed by atoms with van der Waals surface area (Å²) in [4.78, 5) is 27.7. The molecule has 1 aliphatic carbocycles. The van der Waals surface area contributed by atoms with Crippen molar-refractivity contribution in [2.75, 3.05) is 17.7 Å². The minimum absolute atomic E-state index is 0.0146. The molecule has 0 saturated heterocycles. The summed E-state index contributed by atoms with van der Waals surface area (Å²) in [6.45, 7) is 4.85. The summed E-state index contributed by atoms with van der Waals surface area (Å²) in [7, 11) is 0. The van der Waals surface area contributed by atoms with Crippen LogP contribution >= 0.6 is 0 Å². The number of ether oxygens (including phenoxy) is 1. The monoisotopic (exact) mass is 550 g/mol. The molecule has 1 aliphatic rings. The molecule has 7 heteroatoms. The first-order valence-electron chi connectivity index (χ1n) is 14.0. The van der Waals surface area contributed by atoms with E-state index in [0.29, 0.717) is 34.9 Å². The first-order chi connectivity index (χ1) is 19.8. The molecule has 0 bridgehead atoms. The van der Waals surface area contributed by atoms with Crippen LogP contribution < -0.4 is 15.8 Å². The zero-order chi connectivity index (χ0) is 29.1. The maximum absolute atomic E-state index is 13.8. The van der Waals surface area contributed by atoms with Crippen LogP contribution in [0.5, 0.6) is 17.2 Å². The fourth-order valence-electron chi connectivity index (χ4n) is 5.14. The number of unbranched alkanes of at least 4 members (excludes halogenated alkanes) is 2. The van der Waals surface area contributed by atoms with E-state index in [1.807, 2.05) is 36.4 Å². The number of ketones is 2. The van der Waals surface area contributed by atoms with Crippen molar-refractivity contribution in [3.63, 3.8) is 0 Å². The number of anilines is 3. The van der Waals surface area contributed by atoms with Gasteiger partial charge in [-0.2, -0.15) is 0 Å². The molecule has 4 aromatic carbocycles. The van der Waals surface area contributed by atoms with E-state index < -0.39 is 11.6 Å². The van der Waals surface area contributed by atoms with Crippen LogP contribution in [0.4, 0.5) is 17.1 Å². The SMILES string of the molecule is CCCCOc1ccc(-c2cc(Nc3ccc(CCCC)cc3)c3c(c2O)C(=O)c2c(N)ccc(O)c2C3=O)cc1. The Bertz CT molecular complexity index is 1610. The van der Waals surface area contributed by atoms with Crippen LogP contribution in [0.15, 0.2) is 66.7 Å². The normalized spacial score (nSPS) is 12.1. The molecule has 0 unspecified atom stereocenters. The minimum atomic E-state index is -0.625. The highest BCUT2D eigenvalue weighted by molar-refractivity contribution is 6.34. The topological polar surface area (TPSA) is 122 Å². The van der Waals surface area contributed by atoms with Gasteiger partial charge in [-0.15, -0.1) is 0 Å². The molecule has 7 nitrogen and oxygen atoms in total. The number of nitrogens with one attached hydrogen (secondary N) is 1. The van der Waals surface area contributed by atoms with Crippen molar-refractivity contribution < 1.29 is 24.5 Å². The highest BCUT2D eigenvalue weighted by atomic mass is 16.5. The van der Waals surface area contributed by atoms with E-state index in [0.717, 1.165) is 32.1 Å². The van der Waals surface area contributed by atoms with Gasteiger partial charge in [0.2, 0.25) is 11.6 Å². The maximum Gasteiger partial charge on any atom is 0.200 e. The van der Waals surface area contributed by atoms with Crippen molar-refractivity contribution >= 4 is 28.6 Å². The molecule has 0 radical (unpaired) electrons. The number of hydrogen-bond acceptors (Lipinski definition) is 7. The molecule has 0 heterocycles. The van der Waals surface area contributed by atoms with Crippen LogP contribution in [0, 0.1) is 0 Å². The Kier molecular flexibility index (Phi) is 7.97. The summed E-state index contributed by atoms with van der Waals surface area (Å²) in [5.74, 6) is -1.19. The van der Waals surface area contributed by atoms with E-state index >= 15 is 0 Å². The Labute approximate surface area is 239 Å². The molecule has 0 aliphatic heterocycles. The number of carbonyl (C=O) groups is 2. The molecule has 0 aromatic heterocycles. The number of phenolic OH excluding ortho intramolecular Hbond substituents is 2. The van der Waals surface area contributed by atoms with E-state index in [4.69, 9.17) is 10.5 Å². The van der Waals surface area contributed by atoms with Gasteiger partial charge in [-0.25, -0.2) is 0 Å². The Morgan fingerprint density at radius 1 is 0.780 bits per heavy atom. The number of nitrogens with two attached hydrogens (primary N) is 1. The van der Waals surface area contributed by atoms with Crippen molar-refractivity contribution in [2.45, 2.75) is 46.0 Å². The first kappa shape index (κ1) is 27.8. The van der Waals surface area contributed by atoms with Crippen molar-refractivity contribution in [3.8, 4) is 28.4 Å². The molecule has 41 heavy (non-hydrogen) atoms. The molecule has 0 atom stereocenters. The van der Waals surface area contributed by atoms with Crippen LogP contribution in [0.2, 0.25) is 0 Å². The van der Waals surface area contributed by atoms with Crippen molar-refractivity contribution in [1.29, 1.82) is 0 Å². The Hall–Kier alpha value is -4.78. The van der Waals surface area contributed by atoms with Gasteiger partial charge in [0.1, 0.15) is 17.2 Å². The van der Waals surface area contributed by atoms with E-state index in [1.54, 1.807) is 18.2 Å². The van der Waals surface area contributed by atoms with Gasteiger partial charge in [0.15, 0.2) is 0 Å². The summed E-state index contributed by atoms with van der Waals surface area (Å²) < 4.78 is 5.78. The summed E-state index contributed by atoms with van der Waals surface area (Å²) in [5.41, 5.74) is 8.98. The number of aryl methyl sites for hydroxylation is 1. The molecule has 0 amide bonds. The zero-order valence-corrected chi connectivity index (χ0v) is 23.3. The largest absolute Gasteiger partial charge is 0.507 e. The minimum Gasteiger partial charge on any atom is -0.507 e. The van der Waals surface area contributed by atoms with Crippen molar-refractivity contribution in [1.82, 2.24) is 0 Å². The molecule has 4 aromatic rings. The second-order valence-corrected chi connectivity index (χ2v) is 10.3. The number of nitrogen functional groups attached to an aromatic ring is 1. The lowest BCUT2D eigenvalue weighted by molar-refractivity contribution is 0.0975. The first-order valence-corrected chi connectivity index (χ1v) is 14.0. The Morgan fingerprint density at radius 2 is 1.46 bits per heavy atom. The lowest BCUT2D eigenvalue weighted by atomic mass is 9.79. The summed E-state index contributed by atoms with van der Waals surface area (Å²) in [6.07, 6.45) is 5.13. The summed E-state index contributed by atoms with van der Waals surface area (Å²) in [6, 6.07) is 19.5. The Morgan fingerprint density at radius 3 is 2.15 bits per heavy atom. The van der Waals surface area contributed by atoms with Gasteiger partial charge >= 0.3 is 0 Å². The van der Waals surface area contributed by atoms with Crippen molar-refractivity contribution in [3.05, 3.63) is 94.5 Å². The van der Waals surface area contributed by atoms with Gasteiger partial charge in [0.25, 0.3) is 0 Å². The number of phenols is 2. The number of hydrogen-bond donors (Lipinski definition) is 4. The van der Waals surface area contributed by atoms with E-state index in [2.05, 4.69) is 19.2 Å². The van der Waals surface area contributed by atoms with Crippen LogP contribution in [0.1, 0.15) is 76.9 Å². The predicted molar refractivity (Wildman–Crippen MR) is 162 cm³/mol. The molecule has 5 rings (SSSR count). The standard InChI is InChI=1S/C34H34N2O5/c1-3-5-7-20-8-12-22(13-9-20)36-26-19-24(21-10-14-23(15-11-21)41-18-6-4-2)32(38)31-29(26)34(40)30-27(37)17-16-25(35)28(30)33(31)39/h8-17,19,36-38H,3-7,18,35H2,1-2H3. The molecule has 0 fully saturated rings. The van der Waals surface area contributed by atoms with Gasteiger partial charge in [0, 0.05) is 16.9 Å². The molecule has 0 saturated carbocycles. The third-order valence-electron chi connectivity index (χ3n) is 7.41. The predicted octanol–water partition coefficient (Wildman–Crippen LogP) is 7.39. The number of benzene rings is 4. The van der Waals surface area contributed by atoms with Crippen LogP contribution in [-0.4, -0.2) is 28.4 Å². The third-order valence-corrected chi connectivity index (χ3v) is 7.41. The van der Waals surface area contributed by atoms with Gasteiger partial charge in [-0.05, 0) is 72.9 Å². The van der Waals surface area contributed by atoms with E-state index in [1.165, 1.54) is 17.7 Å². The van der Waals surface area contributed by atoms with Gasteiger partial charge in [-0.1, -0.05) is 51.0 Å². The number of carbonyl (C=O) groups excluding carboxylic acids is 2. The quantitative estimate of drug-likeness (QED) is 0.0812. The second kappa shape index (κ2) is 11.8. The lowest BCUT2D eigenvalue weighted by Crippen LogP contribution is -2.24. The number of aromatic hydroxyl groups is 2. The molecule has 210 valence electrons. The summed E-state index contributed by atoms with van der Waals surface area (Å²) >= 11 is 0. The molecule has 5 N–H and O–H groups in total. The van der Waals surface area contributed by atoms with Crippen LogP contribution in [0.25, 0.3) is 11.1 Å². The highest BCUT2D eigenvalue weighted by Gasteiger charge is 2.38. The van der Waals surface area contributed by atoms with Crippen LogP contribution in [-0.2, 0) is 6.42 Å². The fourth-order valence-corrected chi connectivity index (χ4v) is 5.14. The van der Waals surface area contributed by atoms with Gasteiger partial charge < -0.3 is 26.0 Å². The van der Waals surface area contributed by atoms with Gasteiger partial charge in [-0.3, -0.25) is 9.59 Å². The third kappa shape index (κ3) is 5.35. The van der Waals surface area contributed by atoms with Gasteiger partial charge in [0.05, 0.1) is 34.5 Å². The zero-order valence-electron chi connectivity index (χ0n) is 23.3. The van der Waals surface area contributed by atoms with Crippen LogP contribution in [0.3, 0.4) is 0 Å². The van der Waals surface area contributed by atoms with Crippen molar-refractivity contribution in [2.24, 2.45) is 0 Å². The maximum atomic E-state index is 13.8. The smallest absolute Gasteiger partial charge is 0.200 e. The van der Waals surface area contributed by atoms with E-state index in [-0.39, 0.29) is 39.4 Å². The van der Waals surface area contributed by atoms with E-state index in [9.17, 15) is 19.8 Å². The molecule has 0 spiro atoms. The fraction of sp³-hybridized carbons (Fsp3) is 0.235. The number of rotatable bonds is 10. The molecular formula is C34H34N2O5. The lowest BCUT2D eigenvalue weighted by Gasteiger charge is -2.25. The average molecular weight is 551 g/mol. The summed E-state index contributed by atoms with van der Waals surface area (Å²) in [5, 5.41) is 25.3. The average Bonchev–Trinajstić information content (AvgIpc) is 2.98. The highest BCUT2D eigenvalue weighted by Crippen LogP contribution is 2.46. The molecular weight excluding hydrogens is 516 g/mol. The Balaban J connectivity index is 1.63.